The van der Waals surface area contributed by atoms with Crippen LogP contribution in [0, 0.1) is 17.2 Å². The minimum atomic E-state index is 0.534. The third-order valence-corrected chi connectivity index (χ3v) is 3.52. The van der Waals surface area contributed by atoms with Crippen molar-refractivity contribution >= 4 is 0 Å². The van der Waals surface area contributed by atoms with E-state index in [1.165, 1.54) is 5.56 Å². The van der Waals surface area contributed by atoms with Gasteiger partial charge in [0.15, 0.2) is 0 Å². The van der Waals surface area contributed by atoms with Crippen LogP contribution in [0.3, 0.4) is 0 Å². The number of ether oxygens (including phenoxy) is 1. The monoisotopic (exact) mass is 244 g/mol. The largest absolute Gasteiger partial charge is 0.381 e. The molecule has 0 radical (unpaired) electrons. The molecule has 1 heterocycles. The number of hydrogen-bond acceptors (Lipinski definition) is 3. The number of hydrogen-bond donors (Lipinski definition) is 1. The van der Waals surface area contributed by atoms with Gasteiger partial charge in [0.2, 0.25) is 0 Å². The van der Waals surface area contributed by atoms with Crippen LogP contribution in [0.2, 0.25) is 0 Å². The van der Waals surface area contributed by atoms with E-state index in [-0.39, 0.29) is 0 Å². The molecule has 0 aromatic heterocycles. The number of nitrogens with zero attached hydrogens (tertiary/aromatic N) is 1. The van der Waals surface area contributed by atoms with Crippen LogP contribution in [-0.2, 0) is 11.2 Å². The van der Waals surface area contributed by atoms with E-state index < -0.39 is 0 Å². The number of nitriles is 1. The highest BCUT2D eigenvalue weighted by Crippen LogP contribution is 2.20. The summed E-state index contributed by atoms with van der Waals surface area (Å²) in [4.78, 5) is 0. The lowest BCUT2D eigenvalue weighted by Gasteiger charge is -2.32. The summed E-state index contributed by atoms with van der Waals surface area (Å²) in [5.41, 5.74) is 2.01. The molecule has 1 aliphatic rings. The van der Waals surface area contributed by atoms with Gasteiger partial charge < -0.3 is 10.1 Å². The molecule has 0 saturated carbocycles. The van der Waals surface area contributed by atoms with Gasteiger partial charge in [-0.05, 0) is 37.1 Å². The van der Waals surface area contributed by atoms with Gasteiger partial charge in [0.25, 0.3) is 0 Å². The van der Waals surface area contributed by atoms with Crippen molar-refractivity contribution in [3.05, 3.63) is 35.4 Å². The topological polar surface area (TPSA) is 45.0 Å². The minimum Gasteiger partial charge on any atom is -0.381 e. The highest BCUT2D eigenvalue weighted by atomic mass is 16.5. The fourth-order valence-electron chi connectivity index (χ4n) is 2.55. The summed E-state index contributed by atoms with van der Waals surface area (Å²) in [6.45, 7) is 4.85. The van der Waals surface area contributed by atoms with Crippen molar-refractivity contribution in [3.8, 4) is 6.07 Å². The summed E-state index contributed by atoms with van der Waals surface area (Å²) in [5, 5.41) is 12.3. The van der Waals surface area contributed by atoms with Gasteiger partial charge in [0.1, 0.15) is 0 Å². The zero-order chi connectivity index (χ0) is 12.8. The number of rotatable bonds is 4. The molecule has 96 valence electrons. The molecule has 2 rings (SSSR count). The van der Waals surface area contributed by atoms with Crippen LogP contribution in [-0.4, -0.2) is 25.8 Å². The second-order valence-corrected chi connectivity index (χ2v) is 4.80. The summed E-state index contributed by atoms with van der Waals surface area (Å²) in [6, 6.07) is 10.6. The molecule has 1 aromatic carbocycles. The van der Waals surface area contributed by atoms with E-state index in [2.05, 4.69) is 30.4 Å². The molecule has 1 aliphatic heterocycles. The van der Waals surface area contributed by atoms with Crippen LogP contribution < -0.4 is 5.32 Å². The molecule has 0 bridgehead atoms. The lowest BCUT2D eigenvalue weighted by molar-refractivity contribution is 0.0327. The summed E-state index contributed by atoms with van der Waals surface area (Å²) in [7, 11) is 0. The van der Waals surface area contributed by atoms with Crippen molar-refractivity contribution in [1.29, 1.82) is 5.26 Å². The van der Waals surface area contributed by atoms with E-state index in [9.17, 15) is 0 Å². The van der Waals surface area contributed by atoms with Gasteiger partial charge in [-0.1, -0.05) is 19.1 Å². The van der Waals surface area contributed by atoms with Gasteiger partial charge in [-0.25, -0.2) is 0 Å². The van der Waals surface area contributed by atoms with Gasteiger partial charge >= 0.3 is 0 Å². The Morgan fingerprint density at radius 1 is 1.39 bits per heavy atom. The molecular formula is C15H20N2O. The van der Waals surface area contributed by atoms with Gasteiger partial charge in [-0.2, -0.15) is 5.26 Å². The zero-order valence-electron chi connectivity index (χ0n) is 10.9. The third kappa shape index (κ3) is 3.32. The Balaban J connectivity index is 1.99. The van der Waals surface area contributed by atoms with E-state index in [4.69, 9.17) is 10.00 Å². The Bertz CT molecular complexity index is 405. The van der Waals surface area contributed by atoms with Crippen molar-refractivity contribution in [3.63, 3.8) is 0 Å². The molecule has 2 atom stereocenters. The molecule has 1 N–H and O–H groups in total. The standard InChI is InChI=1S/C15H20N2O/c1-2-17-15-7-8-18-11-14(15)9-12-3-5-13(10-16)6-4-12/h3-6,14-15,17H,2,7-9,11H2,1H3/t14-,15-/m1/s1. The molecule has 1 aromatic rings. The van der Waals surface area contributed by atoms with E-state index in [1.807, 2.05) is 12.1 Å². The van der Waals surface area contributed by atoms with Gasteiger partial charge in [-0.15, -0.1) is 0 Å². The van der Waals surface area contributed by atoms with Crippen LogP contribution in [0.25, 0.3) is 0 Å². The Hall–Kier alpha value is -1.37. The zero-order valence-corrected chi connectivity index (χ0v) is 10.9. The Kier molecular flexibility index (Phi) is 4.74. The van der Waals surface area contributed by atoms with Gasteiger partial charge in [0.05, 0.1) is 18.2 Å². The van der Waals surface area contributed by atoms with Gasteiger partial charge in [-0.3, -0.25) is 0 Å². The first-order valence-corrected chi connectivity index (χ1v) is 6.63. The lowest BCUT2D eigenvalue weighted by atomic mass is 9.89. The maximum atomic E-state index is 8.78. The molecular weight excluding hydrogens is 224 g/mol. The molecule has 18 heavy (non-hydrogen) atoms. The molecule has 0 amide bonds. The average Bonchev–Trinajstić information content (AvgIpc) is 2.42. The van der Waals surface area contributed by atoms with Crippen LogP contribution in [0.4, 0.5) is 0 Å². The predicted molar refractivity (Wildman–Crippen MR) is 71.3 cm³/mol. The quantitative estimate of drug-likeness (QED) is 0.882. The first-order chi connectivity index (χ1) is 8.83. The van der Waals surface area contributed by atoms with E-state index in [0.717, 1.165) is 38.2 Å². The van der Waals surface area contributed by atoms with Crippen molar-refractivity contribution in [2.45, 2.75) is 25.8 Å². The maximum absolute atomic E-state index is 8.78. The molecule has 3 heteroatoms. The molecule has 3 nitrogen and oxygen atoms in total. The van der Waals surface area contributed by atoms with Crippen molar-refractivity contribution < 1.29 is 4.74 Å². The second kappa shape index (κ2) is 6.53. The Morgan fingerprint density at radius 3 is 2.83 bits per heavy atom. The third-order valence-electron chi connectivity index (χ3n) is 3.52. The summed E-state index contributed by atoms with van der Waals surface area (Å²) in [5.74, 6) is 0.534. The SMILES string of the molecule is CCN[C@@H]1CCOC[C@H]1Cc1ccc(C#N)cc1. The van der Waals surface area contributed by atoms with E-state index in [0.29, 0.717) is 12.0 Å². The lowest BCUT2D eigenvalue weighted by Crippen LogP contribution is -2.43. The second-order valence-electron chi connectivity index (χ2n) is 4.80. The van der Waals surface area contributed by atoms with Crippen LogP contribution >= 0.6 is 0 Å². The summed E-state index contributed by atoms with van der Waals surface area (Å²) >= 11 is 0. The molecule has 1 saturated heterocycles. The van der Waals surface area contributed by atoms with Crippen LogP contribution in [0.15, 0.2) is 24.3 Å². The molecule has 0 aliphatic carbocycles. The van der Waals surface area contributed by atoms with E-state index >= 15 is 0 Å². The fraction of sp³-hybridized carbons (Fsp3) is 0.533. The highest BCUT2D eigenvalue weighted by Gasteiger charge is 2.24. The molecule has 0 spiro atoms. The van der Waals surface area contributed by atoms with E-state index in [1.54, 1.807) is 0 Å². The summed E-state index contributed by atoms with van der Waals surface area (Å²) < 4.78 is 5.58. The fourth-order valence-corrected chi connectivity index (χ4v) is 2.55. The number of nitrogens with one attached hydrogen (secondary N) is 1. The van der Waals surface area contributed by atoms with Crippen LogP contribution in [0.5, 0.6) is 0 Å². The maximum Gasteiger partial charge on any atom is 0.0991 e. The Labute approximate surface area is 109 Å². The first-order valence-electron chi connectivity index (χ1n) is 6.63. The predicted octanol–water partition coefficient (Wildman–Crippen LogP) is 2.12. The minimum absolute atomic E-state index is 0.534. The van der Waals surface area contributed by atoms with Crippen LogP contribution in [0.1, 0.15) is 24.5 Å². The molecule has 1 fully saturated rings. The number of benzene rings is 1. The first kappa shape index (κ1) is 13.1. The summed E-state index contributed by atoms with van der Waals surface area (Å²) in [6.07, 6.45) is 2.11. The highest BCUT2D eigenvalue weighted by molar-refractivity contribution is 5.31. The van der Waals surface area contributed by atoms with Crippen molar-refractivity contribution in [1.82, 2.24) is 5.32 Å². The van der Waals surface area contributed by atoms with Gasteiger partial charge in [0, 0.05) is 18.6 Å². The average molecular weight is 244 g/mol. The Morgan fingerprint density at radius 2 is 2.17 bits per heavy atom. The smallest absolute Gasteiger partial charge is 0.0991 e. The molecule has 0 unspecified atom stereocenters. The van der Waals surface area contributed by atoms with Crippen molar-refractivity contribution in [2.24, 2.45) is 5.92 Å². The normalized spacial score (nSPS) is 23.6. The van der Waals surface area contributed by atoms with Crippen molar-refractivity contribution in [2.75, 3.05) is 19.8 Å².